The van der Waals surface area contributed by atoms with Crippen molar-refractivity contribution >= 4 is 10.1 Å². The minimum Gasteiger partial charge on any atom is -0.273 e. The molecule has 0 amide bonds. The molecule has 14 heavy (non-hydrogen) atoms. The fourth-order valence-corrected chi connectivity index (χ4v) is 1.31. The van der Waals surface area contributed by atoms with Gasteiger partial charge in [-0.25, -0.2) is 0 Å². The molecule has 0 atom stereocenters. The second-order valence-corrected chi connectivity index (χ2v) is 3.99. The molecule has 0 bridgehead atoms. The molecule has 0 aliphatic rings. The quantitative estimate of drug-likeness (QED) is 0.687. The van der Waals surface area contributed by atoms with Crippen LogP contribution in [0, 0.1) is 0 Å². The molecule has 0 radical (unpaired) electrons. The van der Waals surface area contributed by atoms with Crippen LogP contribution < -0.4 is 0 Å². The first kappa shape index (κ1) is 13.1. The Bertz CT molecular complexity index is 358. The Morgan fingerprint density at radius 3 is 2.43 bits per heavy atom. The van der Waals surface area contributed by atoms with Crippen LogP contribution in [0.2, 0.25) is 0 Å². The van der Waals surface area contributed by atoms with Crippen molar-refractivity contribution < 1.29 is 12.6 Å². The van der Waals surface area contributed by atoms with Crippen molar-refractivity contribution in [2.45, 2.75) is 19.6 Å². The Hall–Kier alpha value is -0.950. The van der Waals surface area contributed by atoms with Gasteiger partial charge in [-0.2, -0.15) is 8.42 Å². The largest absolute Gasteiger partial charge is 0.273 e. The van der Waals surface area contributed by atoms with E-state index in [0.29, 0.717) is 5.69 Å². The van der Waals surface area contributed by atoms with Gasteiger partial charge in [0.25, 0.3) is 10.1 Å². The van der Waals surface area contributed by atoms with Crippen LogP contribution in [0.3, 0.4) is 0 Å². The van der Waals surface area contributed by atoms with E-state index in [9.17, 15) is 8.42 Å². The number of hydrogen-bond donors (Lipinski definition) is 0. The summed E-state index contributed by atoms with van der Waals surface area (Å²) in [5, 5.41) is 7.18. The van der Waals surface area contributed by atoms with E-state index in [0.717, 1.165) is 7.11 Å². The fourth-order valence-electron chi connectivity index (χ4n) is 0.701. The highest BCUT2D eigenvalue weighted by molar-refractivity contribution is 7.85. The number of hydrogen-bond acceptors (Lipinski definition) is 5. The third-order valence-electron chi connectivity index (χ3n) is 1.23. The third kappa shape index (κ3) is 4.33. The smallest absolute Gasteiger partial charge is 0.272 e. The molecule has 1 rings (SSSR count). The second-order valence-electron chi connectivity index (χ2n) is 2.25. The highest BCUT2D eigenvalue weighted by Crippen LogP contribution is 2.01. The predicted octanol–water partition coefficient (Wildman–Crippen LogP) is 0.318. The molecule has 0 aliphatic carbocycles. The zero-order valence-corrected chi connectivity index (χ0v) is 9.58. The van der Waals surface area contributed by atoms with Crippen molar-refractivity contribution in [3.05, 3.63) is 11.9 Å². The summed E-state index contributed by atoms with van der Waals surface area (Å²) in [6.07, 6.45) is 1.52. The molecule has 0 aliphatic heterocycles. The maximum Gasteiger partial charge on any atom is 0.272 e. The molecule has 1 aromatic heterocycles. The summed E-state index contributed by atoms with van der Waals surface area (Å²) in [6, 6.07) is 0. The van der Waals surface area contributed by atoms with Gasteiger partial charge in [-0.3, -0.25) is 8.86 Å². The Kier molecular flexibility index (Phi) is 5.32. The Morgan fingerprint density at radius 2 is 2.07 bits per heavy atom. The molecule has 6 nitrogen and oxygen atoms in total. The van der Waals surface area contributed by atoms with Crippen molar-refractivity contribution in [2.75, 3.05) is 7.11 Å². The number of aromatic nitrogens is 3. The zero-order chi connectivity index (χ0) is 11.2. The molecule has 0 fully saturated rings. The monoisotopic (exact) mass is 221 g/mol. The Balaban J connectivity index is 0.000000791. The molecule has 0 saturated heterocycles. The molecule has 0 aromatic carbocycles. The fraction of sp³-hybridized carbons (Fsp3) is 0.714. The lowest BCUT2D eigenvalue weighted by Crippen LogP contribution is -2.05. The van der Waals surface area contributed by atoms with E-state index in [-0.39, 0.29) is 5.75 Å². The SMILES string of the molecule is CC.COS(=O)(=O)Cc1cn(C)nn1. The van der Waals surface area contributed by atoms with Crippen LogP contribution in [-0.2, 0) is 27.1 Å². The maximum absolute atomic E-state index is 10.9. The van der Waals surface area contributed by atoms with Gasteiger partial charge >= 0.3 is 0 Å². The second kappa shape index (κ2) is 5.71. The van der Waals surface area contributed by atoms with Crippen molar-refractivity contribution in [2.24, 2.45) is 7.05 Å². The van der Waals surface area contributed by atoms with Crippen LogP contribution >= 0.6 is 0 Å². The van der Waals surface area contributed by atoms with E-state index < -0.39 is 10.1 Å². The summed E-state index contributed by atoms with van der Waals surface area (Å²) < 4.78 is 27.4. The normalized spacial score (nSPS) is 10.6. The Morgan fingerprint density at radius 1 is 1.50 bits per heavy atom. The standard InChI is InChI=1S/C5H9N3O3S.C2H6/c1-8-3-5(6-7-8)4-12(9,10)11-2;1-2/h3H,4H2,1-2H3;1-2H3. The van der Waals surface area contributed by atoms with E-state index in [1.807, 2.05) is 13.8 Å². The van der Waals surface area contributed by atoms with E-state index in [1.54, 1.807) is 7.05 Å². The predicted molar refractivity (Wildman–Crippen MR) is 52.0 cm³/mol. The maximum atomic E-state index is 10.9. The van der Waals surface area contributed by atoms with E-state index in [2.05, 4.69) is 14.5 Å². The molecule has 82 valence electrons. The molecule has 1 aromatic rings. The molecule has 0 unspecified atom stereocenters. The van der Waals surface area contributed by atoms with Gasteiger partial charge in [-0.15, -0.1) is 5.10 Å². The van der Waals surface area contributed by atoms with Gasteiger partial charge in [-0.1, -0.05) is 19.1 Å². The van der Waals surface area contributed by atoms with Crippen LogP contribution in [0.1, 0.15) is 19.5 Å². The number of nitrogens with zero attached hydrogens (tertiary/aromatic N) is 3. The van der Waals surface area contributed by atoms with Crippen molar-refractivity contribution in [3.8, 4) is 0 Å². The molecule has 0 spiro atoms. The average molecular weight is 221 g/mol. The van der Waals surface area contributed by atoms with E-state index in [4.69, 9.17) is 0 Å². The van der Waals surface area contributed by atoms with E-state index in [1.165, 1.54) is 10.9 Å². The lowest BCUT2D eigenvalue weighted by molar-refractivity contribution is 0.396. The minimum absolute atomic E-state index is 0.239. The first-order chi connectivity index (χ1) is 6.53. The van der Waals surface area contributed by atoms with Gasteiger partial charge in [0.05, 0.1) is 7.11 Å². The highest BCUT2D eigenvalue weighted by atomic mass is 32.2. The summed E-state index contributed by atoms with van der Waals surface area (Å²) in [4.78, 5) is 0. The summed E-state index contributed by atoms with van der Waals surface area (Å²) in [5.41, 5.74) is 0.374. The van der Waals surface area contributed by atoms with Gasteiger partial charge in [0.2, 0.25) is 0 Å². The summed E-state index contributed by atoms with van der Waals surface area (Å²) in [5.74, 6) is -0.239. The lowest BCUT2D eigenvalue weighted by Gasteiger charge is -1.95. The van der Waals surface area contributed by atoms with Gasteiger partial charge in [0.15, 0.2) is 0 Å². The summed E-state index contributed by atoms with van der Waals surface area (Å²) >= 11 is 0. The number of aryl methyl sites for hydroxylation is 1. The minimum atomic E-state index is -3.48. The van der Waals surface area contributed by atoms with Crippen molar-refractivity contribution in [1.82, 2.24) is 15.0 Å². The number of rotatable bonds is 3. The molecular formula is C7H15N3O3S. The van der Waals surface area contributed by atoms with Crippen molar-refractivity contribution in [3.63, 3.8) is 0 Å². The van der Waals surface area contributed by atoms with E-state index >= 15 is 0 Å². The van der Waals surface area contributed by atoms with Crippen LogP contribution in [0.25, 0.3) is 0 Å². The van der Waals surface area contributed by atoms with Crippen LogP contribution in [0.15, 0.2) is 6.20 Å². The first-order valence-electron chi connectivity index (χ1n) is 4.17. The molecular weight excluding hydrogens is 206 g/mol. The molecule has 0 N–H and O–H groups in total. The zero-order valence-electron chi connectivity index (χ0n) is 8.76. The summed E-state index contributed by atoms with van der Waals surface area (Å²) in [7, 11) is -0.696. The topological polar surface area (TPSA) is 74.1 Å². The Labute approximate surface area is 84.0 Å². The van der Waals surface area contributed by atoms with Crippen LogP contribution in [0.5, 0.6) is 0 Å². The molecule has 0 saturated carbocycles. The third-order valence-corrected chi connectivity index (χ3v) is 2.39. The molecule has 7 heteroatoms. The van der Waals surface area contributed by atoms with Gasteiger partial charge in [0, 0.05) is 13.2 Å². The van der Waals surface area contributed by atoms with Crippen molar-refractivity contribution in [1.29, 1.82) is 0 Å². The van der Waals surface area contributed by atoms with Gasteiger partial charge in [-0.05, 0) is 0 Å². The van der Waals surface area contributed by atoms with Gasteiger partial charge < -0.3 is 0 Å². The molecule has 1 heterocycles. The highest BCUT2D eigenvalue weighted by Gasteiger charge is 2.12. The van der Waals surface area contributed by atoms with Crippen LogP contribution in [-0.4, -0.2) is 30.5 Å². The lowest BCUT2D eigenvalue weighted by atomic mass is 10.6. The first-order valence-corrected chi connectivity index (χ1v) is 5.75. The average Bonchev–Trinajstić information content (AvgIpc) is 2.54. The van der Waals surface area contributed by atoms with Crippen LogP contribution in [0.4, 0.5) is 0 Å². The van der Waals surface area contributed by atoms with Gasteiger partial charge in [0.1, 0.15) is 11.4 Å². The summed E-state index contributed by atoms with van der Waals surface area (Å²) in [6.45, 7) is 4.00.